The Morgan fingerprint density at radius 2 is 0.597 bits per heavy atom. The van der Waals surface area contributed by atoms with Crippen LogP contribution in [0.4, 0.5) is 0 Å². The summed E-state index contributed by atoms with van der Waals surface area (Å²) in [4.78, 5) is 285. The van der Waals surface area contributed by atoms with Crippen LogP contribution in [0.5, 0.6) is 5.75 Å². The van der Waals surface area contributed by atoms with Crippen LogP contribution in [0.25, 0.3) is 0 Å². The summed E-state index contributed by atoms with van der Waals surface area (Å²) < 4.78 is 0. The largest absolute Gasteiger partial charge is 0.508 e. The number of carbonyl (C=O) groups is 19. The average molecular weight is 2030 g/mol. The molecule has 0 aliphatic heterocycles. The van der Waals surface area contributed by atoms with Crippen molar-refractivity contribution in [1.82, 2.24) is 126 Å². The molecule has 18 atom stereocenters. The number of aromatic hydroxyl groups is 1. The van der Waals surface area contributed by atoms with E-state index >= 15 is 0 Å². The Morgan fingerprint density at radius 3 is 0.944 bits per heavy atom. The highest BCUT2D eigenvalue weighted by molar-refractivity contribution is 6.01. The lowest BCUT2D eigenvalue weighted by Crippen LogP contribution is -2.62. The first-order chi connectivity index (χ1) is 68.1. The van der Waals surface area contributed by atoms with Crippen molar-refractivity contribution < 1.29 is 101 Å². The van der Waals surface area contributed by atoms with Crippen molar-refractivity contribution in [2.45, 2.75) is 314 Å². The van der Waals surface area contributed by atoms with E-state index in [2.05, 4.69) is 126 Å². The fourth-order valence-electron chi connectivity index (χ4n) is 14.7. The van der Waals surface area contributed by atoms with Crippen molar-refractivity contribution in [3.63, 3.8) is 0 Å². The number of phenolic OH excluding ortho intramolecular Hbond substituents is 1. The SMILES string of the molecule is CC(C)C[C@H](NC(=O)[C@H](Cc1ccc(O)cc1)NC(=O)[C@H](Cc1cnc[nH]1)NC(=O)[C@@H](NC(=O)[C@H](CC(C)C)NC(=O)[C@H](C)NC(=O)[C@H](C)NC(=O)[C@H](CCCCN)NC(=O)CNC(=O)[C@@H](NC(=O)[C@H](Cc1cnc[nH]1)NC(=O)[C@H](CCCCN)NC(=O)CNC(=O)[C@@H](NC(=O)[C@H](Cc1cnc[nH]1)NC(=O)[C@H](C)NC(=O)[C@H](C)NC(=O)[C@H](CCCCN)NC(=O)[C@@H](N)CCCCN)C(C)C)C(C)C)[C@@H](C)O)C(N)=O. The van der Waals surface area contributed by atoms with E-state index in [1.54, 1.807) is 41.5 Å². The first-order valence-electron chi connectivity index (χ1n) is 48.7. The number of rotatable bonds is 68. The van der Waals surface area contributed by atoms with E-state index in [1.165, 1.54) is 96.5 Å². The van der Waals surface area contributed by atoms with Gasteiger partial charge in [0.2, 0.25) is 112 Å². The number of aromatic amines is 3. The molecule has 3 heterocycles. The van der Waals surface area contributed by atoms with Crippen LogP contribution in [0.3, 0.4) is 0 Å². The molecule has 35 N–H and O–H groups in total. The van der Waals surface area contributed by atoms with Crippen LogP contribution in [-0.2, 0) is 117 Å². The highest BCUT2D eigenvalue weighted by atomic mass is 16.3. The van der Waals surface area contributed by atoms with Gasteiger partial charge in [0, 0.05) is 61.4 Å². The summed E-state index contributed by atoms with van der Waals surface area (Å²) in [5.41, 5.74) is 36.1. The third kappa shape index (κ3) is 44.9. The molecule has 4 aromatic rings. The topological polar surface area (TPSA) is 823 Å². The number of aliphatic hydroxyl groups is 1. The number of unbranched alkanes of at least 4 members (excludes halogenated alkanes) is 4. The number of H-pyrrole nitrogens is 3. The fourth-order valence-corrected chi connectivity index (χ4v) is 14.7. The molecule has 0 aliphatic rings. The van der Waals surface area contributed by atoms with Crippen LogP contribution >= 0.6 is 0 Å². The van der Waals surface area contributed by atoms with Gasteiger partial charge in [0.05, 0.1) is 44.2 Å². The molecule has 0 radical (unpaired) electrons. The van der Waals surface area contributed by atoms with Gasteiger partial charge in [-0.2, -0.15) is 0 Å². The van der Waals surface area contributed by atoms with Gasteiger partial charge in [-0.1, -0.05) is 73.9 Å². The van der Waals surface area contributed by atoms with E-state index in [1.807, 2.05) is 13.8 Å². The van der Waals surface area contributed by atoms with Gasteiger partial charge in [-0.15, -0.1) is 0 Å². The number of nitrogens with zero attached hydrogens (tertiary/aromatic N) is 3. The van der Waals surface area contributed by atoms with Gasteiger partial charge in [-0.05, 0) is 186 Å². The van der Waals surface area contributed by atoms with Crippen molar-refractivity contribution in [1.29, 1.82) is 0 Å². The third-order valence-electron chi connectivity index (χ3n) is 23.0. The maximum absolute atomic E-state index is 14.5. The van der Waals surface area contributed by atoms with E-state index < -0.39 is 246 Å². The lowest BCUT2D eigenvalue weighted by atomic mass is 10.0. The molecular formula is C93H154N30O21. The number of benzene rings is 1. The van der Waals surface area contributed by atoms with E-state index in [9.17, 15) is 101 Å². The minimum atomic E-state index is -1.80. The van der Waals surface area contributed by atoms with Crippen LogP contribution < -0.4 is 130 Å². The van der Waals surface area contributed by atoms with E-state index in [-0.39, 0.29) is 101 Å². The smallest absolute Gasteiger partial charge is 0.245 e. The summed E-state index contributed by atoms with van der Waals surface area (Å²) in [6.45, 7) is 19.5. The number of primary amides is 1. The second-order valence-electron chi connectivity index (χ2n) is 37.3. The number of nitrogens with two attached hydrogens (primary N) is 6. The first kappa shape index (κ1) is 123. The number of aliphatic hydroxyl groups excluding tert-OH is 1. The summed E-state index contributed by atoms with van der Waals surface area (Å²) in [6, 6.07) is -17.3. The zero-order valence-corrected chi connectivity index (χ0v) is 84.4. The number of hydrogen-bond donors (Lipinski definition) is 29. The maximum atomic E-state index is 14.5. The molecule has 0 aliphatic carbocycles. The average Bonchev–Trinajstić information content (AvgIpc) is 1.37. The van der Waals surface area contributed by atoms with Crippen LogP contribution in [0, 0.1) is 23.7 Å². The highest BCUT2D eigenvalue weighted by Gasteiger charge is 2.40. The lowest BCUT2D eigenvalue weighted by Gasteiger charge is -2.29. The van der Waals surface area contributed by atoms with Crippen molar-refractivity contribution >= 4 is 112 Å². The number of phenols is 1. The Labute approximate surface area is 837 Å². The molecule has 0 saturated heterocycles. The monoisotopic (exact) mass is 2030 g/mol. The summed E-state index contributed by atoms with van der Waals surface area (Å²) in [5.74, 6) is -18.3. The molecule has 4 rings (SSSR count). The summed E-state index contributed by atoms with van der Waals surface area (Å²) in [7, 11) is 0. The Morgan fingerprint density at radius 1 is 0.312 bits per heavy atom. The zero-order valence-electron chi connectivity index (χ0n) is 84.4. The van der Waals surface area contributed by atoms with Crippen LogP contribution in [0.2, 0.25) is 0 Å². The molecule has 19 amide bonds. The lowest BCUT2D eigenvalue weighted by molar-refractivity contribution is -0.137. The predicted octanol–water partition coefficient (Wildman–Crippen LogP) is -6.99. The van der Waals surface area contributed by atoms with Gasteiger partial charge in [0.25, 0.3) is 0 Å². The van der Waals surface area contributed by atoms with Crippen molar-refractivity contribution in [2.24, 2.45) is 58.1 Å². The second-order valence-corrected chi connectivity index (χ2v) is 37.3. The molecule has 51 nitrogen and oxygen atoms in total. The molecule has 0 unspecified atom stereocenters. The normalized spacial score (nSPS) is 15.1. The van der Waals surface area contributed by atoms with Crippen molar-refractivity contribution in [3.8, 4) is 5.75 Å². The minimum Gasteiger partial charge on any atom is -0.508 e. The number of carbonyl (C=O) groups excluding carboxylic acids is 19. The number of imidazole rings is 3. The molecule has 144 heavy (non-hydrogen) atoms. The van der Waals surface area contributed by atoms with Crippen LogP contribution in [-0.4, -0.2) is 300 Å². The molecule has 51 heteroatoms. The number of amides is 19. The van der Waals surface area contributed by atoms with Gasteiger partial charge in [-0.25, -0.2) is 15.0 Å². The minimum absolute atomic E-state index is 0.0282. The molecule has 0 fully saturated rings. The molecule has 0 spiro atoms. The zero-order chi connectivity index (χ0) is 108. The Bertz CT molecular complexity index is 4770. The quantitative estimate of drug-likeness (QED) is 0.0183. The predicted molar refractivity (Wildman–Crippen MR) is 527 cm³/mol. The Kier molecular flexibility index (Phi) is 54.6. The molecule has 802 valence electrons. The van der Waals surface area contributed by atoms with Gasteiger partial charge in [-0.3, -0.25) is 91.1 Å². The van der Waals surface area contributed by atoms with Crippen molar-refractivity contribution in [3.05, 3.63) is 84.5 Å². The first-order valence-corrected chi connectivity index (χ1v) is 48.7. The van der Waals surface area contributed by atoms with Gasteiger partial charge in [0.15, 0.2) is 0 Å². The molecule has 0 saturated carbocycles. The second kappa shape index (κ2) is 64.1. The number of aromatic nitrogens is 6. The maximum Gasteiger partial charge on any atom is 0.245 e. The van der Waals surface area contributed by atoms with Crippen molar-refractivity contribution in [2.75, 3.05) is 39.3 Å². The molecule has 3 aromatic heterocycles. The van der Waals surface area contributed by atoms with Crippen LogP contribution in [0.1, 0.15) is 203 Å². The highest BCUT2D eigenvalue weighted by Crippen LogP contribution is 2.18. The fraction of sp³-hybridized carbons (Fsp3) is 0.634. The Balaban J connectivity index is 1.41. The third-order valence-corrected chi connectivity index (χ3v) is 23.0. The Hall–Kier alpha value is -13.7. The molecular weight excluding hydrogens is 1870 g/mol. The van der Waals surface area contributed by atoms with Gasteiger partial charge in [0.1, 0.15) is 102 Å². The number of hydrogen-bond acceptors (Lipinski definition) is 29. The van der Waals surface area contributed by atoms with Crippen LogP contribution in [0.15, 0.2) is 61.8 Å². The van der Waals surface area contributed by atoms with Gasteiger partial charge >= 0.3 is 0 Å². The van der Waals surface area contributed by atoms with Gasteiger partial charge < -0.3 is 155 Å². The van der Waals surface area contributed by atoms with E-state index in [4.69, 9.17) is 34.4 Å². The molecule has 0 bridgehead atoms. The summed E-state index contributed by atoms with van der Waals surface area (Å²) in [5, 5.41) is 67.2. The van der Waals surface area contributed by atoms with E-state index in [0.29, 0.717) is 80.7 Å². The van der Waals surface area contributed by atoms with E-state index in [0.717, 1.165) is 0 Å². The summed E-state index contributed by atoms with van der Waals surface area (Å²) in [6.07, 6.45) is 9.64. The molecule has 1 aromatic carbocycles. The summed E-state index contributed by atoms with van der Waals surface area (Å²) >= 11 is 0. The number of nitrogens with one attached hydrogen (secondary N) is 21. The standard InChI is InChI=1S/C93H154N30O21/c1-48(2)34-66(77(99)128)115-86(137)68(36-57-26-28-61(125)29-27-57)118-87(138)69(37-58-40-100-45-105-58)120-93(144)76(56(13)124)123-88(139)67(35-49(3)4)116-80(131)54(11)108-78(129)52(9)110-83(134)63(23-15-19-31-95)112-72(126)43-103-92(143)75(51(7)8)122-90(141)71(39-60-42-102-47-107-60)119-85(136)64(24-16-20-32-96)113-73(127)44-104-91(142)74(50(5)6)121-89(140)70(38-59-41-101-46-106-59)117-81(132)55(12)109-79(130)53(10)111-84(135)65(25-17-21-33-97)114-82(133)62(98)22-14-18-30-94/h26-29,40-42,45-56,62-71,74-76,124-125H,14-25,30-39,43-44,94-98H2,1-13H3,(H2,99,128)(H,100,105)(H,101,106)(H,102,107)(H,103,143)(H,104,142)(H,108,129)(H,109,130)(H,110,134)(H,111,135)(H,112,126)(H,113,127)(H,114,133)(H,115,137)(H,116,131)(H,117,132)(H,118,138)(H,119,136)(H,120,144)(H,121,140)(H,122,141)(H,123,139)/t52-,53-,54-,55-,56+,62-,63-,64-,65-,66-,67-,68-,69-,70-,71-,74-,75-,76-/m0/s1.